The third kappa shape index (κ3) is 4.29. The Hall–Kier alpha value is -1.10. The maximum Gasteiger partial charge on any atom is 0.220 e. The first-order valence-corrected chi connectivity index (χ1v) is 6.91. The highest BCUT2D eigenvalue weighted by atomic mass is 16.5. The van der Waals surface area contributed by atoms with Crippen LogP contribution in [0.15, 0.2) is 0 Å². The monoisotopic (exact) mass is 254 g/mol. The average Bonchev–Trinajstić information content (AvgIpc) is 2.40. The summed E-state index contributed by atoms with van der Waals surface area (Å²) in [6.45, 7) is 1.39. The molecule has 2 atom stereocenters. The van der Waals surface area contributed by atoms with Gasteiger partial charge in [0, 0.05) is 32.0 Å². The number of ether oxygens (including phenoxy) is 1. The van der Waals surface area contributed by atoms with Crippen molar-refractivity contribution in [2.45, 2.75) is 57.1 Å². The van der Waals surface area contributed by atoms with Gasteiger partial charge in [0.1, 0.15) is 0 Å². The molecule has 0 aromatic heterocycles. The quantitative estimate of drug-likeness (QED) is 0.777. The Bertz CT molecular complexity index is 291. The fourth-order valence-electron chi connectivity index (χ4n) is 2.48. The molecule has 18 heavy (non-hydrogen) atoms. The Morgan fingerprint density at radius 3 is 2.94 bits per heavy atom. The Morgan fingerprint density at radius 1 is 1.39 bits per heavy atom. The van der Waals surface area contributed by atoms with Gasteiger partial charge in [-0.05, 0) is 32.1 Å². The fraction of sp³-hybridized carbons (Fsp3) is 0.846. The zero-order valence-corrected chi connectivity index (χ0v) is 10.7. The van der Waals surface area contributed by atoms with E-state index in [9.17, 15) is 9.59 Å². The van der Waals surface area contributed by atoms with Crippen LogP contribution in [0.4, 0.5) is 0 Å². The van der Waals surface area contributed by atoms with Crippen LogP contribution in [-0.4, -0.2) is 37.1 Å². The second-order valence-electron chi connectivity index (χ2n) is 5.13. The third-order valence-electron chi connectivity index (χ3n) is 3.60. The molecule has 5 nitrogen and oxygen atoms in total. The normalized spacial score (nSPS) is 28.6. The van der Waals surface area contributed by atoms with Crippen LogP contribution < -0.4 is 10.6 Å². The molecular weight excluding hydrogens is 232 g/mol. The highest BCUT2D eigenvalue weighted by molar-refractivity contribution is 5.78. The van der Waals surface area contributed by atoms with Gasteiger partial charge >= 0.3 is 0 Å². The summed E-state index contributed by atoms with van der Waals surface area (Å²) in [6, 6.07) is 0.0995. The zero-order valence-electron chi connectivity index (χ0n) is 10.7. The molecular formula is C13H22N2O3. The van der Waals surface area contributed by atoms with E-state index in [1.807, 2.05) is 0 Å². The Balaban J connectivity index is 1.61. The molecule has 0 bridgehead atoms. The number of rotatable bonds is 4. The number of piperidine rings is 1. The van der Waals surface area contributed by atoms with Crippen LogP contribution >= 0.6 is 0 Å². The van der Waals surface area contributed by atoms with Gasteiger partial charge in [0.05, 0.1) is 6.10 Å². The minimum atomic E-state index is 0.0744. The molecule has 2 aliphatic rings. The molecule has 0 spiro atoms. The van der Waals surface area contributed by atoms with Gasteiger partial charge in [0.2, 0.25) is 11.8 Å². The predicted molar refractivity (Wildman–Crippen MR) is 67.0 cm³/mol. The summed E-state index contributed by atoms with van der Waals surface area (Å²) in [5, 5.41) is 5.73. The number of carbonyl (C=O) groups excluding carboxylic acids is 2. The van der Waals surface area contributed by atoms with E-state index in [4.69, 9.17) is 4.74 Å². The molecule has 2 fully saturated rings. The number of nitrogens with one attached hydrogen (secondary N) is 2. The molecule has 5 heteroatoms. The first-order chi connectivity index (χ1) is 8.74. The highest BCUT2D eigenvalue weighted by Gasteiger charge is 2.20. The van der Waals surface area contributed by atoms with Gasteiger partial charge in [-0.2, -0.15) is 0 Å². The van der Waals surface area contributed by atoms with E-state index in [1.165, 1.54) is 6.42 Å². The second kappa shape index (κ2) is 6.73. The lowest BCUT2D eigenvalue weighted by Gasteiger charge is -2.25. The number of amides is 2. The second-order valence-corrected chi connectivity index (χ2v) is 5.13. The molecule has 0 radical (unpaired) electrons. The van der Waals surface area contributed by atoms with Gasteiger partial charge in [-0.25, -0.2) is 0 Å². The van der Waals surface area contributed by atoms with Crippen LogP contribution in [0.5, 0.6) is 0 Å². The van der Waals surface area contributed by atoms with Crippen molar-refractivity contribution in [3.63, 3.8) is 0 Å². The predicted octanol–water partition coefficient (Wildman–Crippen LogP) is 0.731. The number of hydrogen-bond donors (Lipinski definition) is 2. The lowest BCUT2D eigenvalue weighted by Crippen LogP contribution is -2.47. The van der Waals surface area contributed by atoms with E-state index in [0.717, 1.165) is 32.3 Å². The van der Waals surface area contributed by atoms with Crippen molar-refractivity contribution in [1.82, 2.24) is 10.6 Å². The van der Waals surface area contributed by atoms with Crippen molar-refractivity contribution in [1.29, 1.82) is 0 Å². The van der Waals surface area contributed by atoms with Crippen molar-refractivity contribution >= 4 is 11.8 Å². The van der Waals surface area contributed by atoms with Crippen LogP contribution in [0.2, 0.25) is 0 Å². The minimum absolute atomic E-state index is 0.0744. The summed E-state index contributed by atoms with van der Waals surface area (Å²) in [6.07, 6.45) is 6.28. The van der Waals surface area contributed by atoms with Crippen molar-refractivity contribution in [3.05, 3.63) is 0 Å². The molecule has 2 aliphatic heterocycles. The summed E-state index contributed by atoms with van der Waals surface area (Å²) < 4.78 is 5.60. The zero-order chi connectivity index (χ0) is 12.8. The van der Waals surface area contributed by atoms with Gasteiger partial charge in [-0.1, -0.05) is 0 Å². The Morgan fingerprint density at radius 2 is 2.28 bits per heavy atom. The van der Waals surface area contributed by atoms with E-state index in [1.54, 1.807) is 0 Å². The fourth-order valence-corrected chi connectivity index (χ4v) is 2.48. The van der Waals surface area contributed by atoms with Crippen LogP contribution in [-0.2, 0) is 14.3 Å². The minimum Gasteiger partial charge on any atom is -0.378 e. The summed E-state index contributed by atoms with van der Waals surface area (Å²) in [5.41, 5.74) is 0. The Labute approximate surface area is 108 Å². The van der Waals surface area contributed by atoms with Gasteiger partial charge in [0.15, 0.2) is 0 Å². The first kappa shape index (κ1) is 13.3. The van der Waals surface area contributed by atoms with E-state index in [-0.39, 0.29) is 24.0 Å². The van der Waals surface area contributed by atoms with E-state index >= 15 is 0 Å². The van der Waals surface area contributed by atoms with Crippen LogP contribution in [0.1, 0.15) is 44.9 Å². The van der Waals surface area contributed by atoms with E-state index in [0.29, 0.717) is 19.4 Å². The molecule has 2 heterocycles. The van der Waals surface area contributed by atoms with Crippen LogP contribution in [0.3, 0.4) is 0 Å². The first-order valence-electron chi connectivity index (χ1n) is 6.91. The van der Waals surface area contributed by atoms with Gasteiger partial charge in [-0.3, -0.25) is 9.59 Å². The smallest absolute Gasteiger partial charge is 0.220 e. The molecule has 0 saturated carbocycles. The molecule has 2 amide bonds. The molecule has 102 valence electrons. The SMILES string of the molecule is O=C1CCC(NC(=O)CCC2CCCCO2)CN1. The highest BCUT2D eigenvalue weighted by Crippen LogP contribution is 2.16. The standard InChI is InChI=1S/C13H22N2O3/c16-12-6-4-10(9-14-12)15-13(17)7-5-11-3-1-2-8-18-11/h10-11H,1-9H2,(H,14,16)(H,15,17). The third-order valence-corrected chi connectivity index (χ3v) is 3.60. The number of carbonyl (C=O) groups is 2. The van der Waals surface area contributed by atoms with Crippen LogP contribution in [0, 0.1) is 0 Å². The summed E-state index contributed by atoms with van der Waals surface area (Å²) in [7, 11) is 0. The van der Waals surface area contributed by atoms with Crippen molar-refractivity contribution in [2.75, 3.05) is 13.2 Å². The maximum atomic E-state index is 11.8. The molecule has 0 aromatic rings. The molecule has 0 aliphatic carbocycles. The maximum absolute atomic E-state index is 11.8. The van der Waals surface area contributed by atoms with Crippen molar-refractivity contribution < 1.29 is 14.3 Å². The van der Waals surface area contributed by atoms with Gasteiger partial charge in [0.25, 0.3) is 0 Å². The molecule has 2 rings (SSSR count). The Kier molecular flexibility index (Phi) is 4.99. The van der Waals surface area contributed by atoms with Gasteiger partial charge < -0.3 is 15.4 Å². The summed E-state index contributed by atoms with van der Waals surface area (Å²) >= 11 is 0. The molecule has 2 N–H and O–H groups in total. The molecule has 0 aromatic carbocycles. The van der Waals surface area contributed by atoms with Gasteiger partial charge in [-0.15, -0.1) is 0 Å². The topological polar surface area (TPSA) is 67.4 Å². The largest absolute Gasteiger partial charge is 0.378 e. The average molecular weight is 254 g/mol. The summed E-state index contributed by atoms with van der Waals surface area (Å²) in [5.74, 6) is 0.154. The van der Waals surface area contributed by atoms with E-state index in [2.05, 4.69) is 10.6 Å². The molecule has 2 saturated heterocycles. The lowest BCUT2D eigenvalue weighted by molar-refractivity contribution is -0.126. The van der Waals surface area contributed by atoms with Crippen molar-refractivity contribution in [2.24, 2.45) is 0 Å². The van der Waals surface area contributed by atoms with E-state index < -0.39 is 0 Å². The number of hydrogen-bond acceptors (Lipinski definition) is 3. The molecule has 2 unspecified atom stereocenters. The van der Waals surface area contributed by atoms with Crippen LogP contribution in [0.25, 0.3) is 0 Å². The van der Waals surface area contributed by atoms with Crippen molar-refractivity contribution in [3.8, 4) is 0 Å². The lowest BCUT2D eigenvalue weighted by atomic mass is 10.0. The summed E-state index contributed by atoms with van der Waals surface area (Å²) in [4.78, 5) is 22.7.